The molecule has 3 heteroatoms. The first-order valence-corrected chi connectivity index (χ1v) is 6.01. The van der Waals surface area contributed by atoms with E-state index in [0.717, 1.165) is 12.1 Å². The van der Waals surface area contributed by atoms with Crippen molar-refractivity contribution >= 4 is 5.69 Å². The van der Waals surface area contributed by atoms with Crippen molar-refractivity contribution in [2.24, 2.45) is 0 Å². The molecule has 0 bridgehead atoms. The summed E-state index contributed by atoms with van der Waals surface area (Å²) in [5.74, 6) is 0. The zero-order valence-corrected chi connectivity index (χ0v) is 10.8. The van der Waals surface area contributed by atoms with Crippen molar-refractivity contribution in [3.63, 3.8) is 0 Å². The zero-order valence-electron chi connectivity index (χ0n) is 10.8. The third kappa shape index (κ3) is 2.87. The van der Waals surface area contributed by atoms with Gasteiger partial charge in [0.15, 0.2) is 0 Å². The molecule has 0 atom stereocenters. The number of rotatable bonds is 4. The largest absolute Gasteiger partial charge is 0.392 e. The van der Waals surface area contributed by atoms with Crippen LogP contribution in [0.25, 0.3) is 0 Å². The van der Waals surface area contributed by atoms with Crippen LogP contribution in [0.5, 0.6) is 0 Å². The number of anilines is 1. The molecule has 94 valence electrons. The number of aliphatic hydroxyl groups is 1. The van der Waals surface area contributed by atoms with Crippen molar-refractivity contribution in [3.05, 3.63) is 59.4 Å². The molecule has 0 aliphatic rings. The summed E-state index contributed by atoms with van der Waals surface area (Å²) in [6.45, 7) is 2.98. The Morgan fingerprint density at radius 1 is 1.22 bits per heavy atom. The van der Waals surface area contributed by atoms with E-state index in [1.807, 2.05) is 24.4 Å². The lowest BCUT2D eigenvalue weighted by molar-refractivity contribution is 0.282. The molecule has 1 heterocycles. The Kier molecular flexibility index (Phi) is 3.95. The Hall–Kier alpha value is -1.87. The summed E-state index contributed by atoms with van der Waals surface area (Å²) in [6, 6.07) is 10.1. The van der Waals surface area contributed by atoms with E-state index in [9.17, 15) is 0 Å². The van der Waals surface area contributed by atoms with Gasteiger partial charge in [-0.2, -0.15) is 0 Å². The van der Waals surface area contributed by atoms with E-state index in [1.165, 1.54) is 16.8 Å². The van der Waals surface area contributed by atoms with Gasteiger partial charge in [0.1, 0.15) is 0 Å². The molecule has 0 saturated heterocycles. The smallest absolute Gasteiger partial charge is 0.0681 e. The standard InChI is InChI=1S/C15H18N2O/c1-12-8-13(11-18)5-6-15(12)17(2)10-14-4-3-7-16-9-14/h3-9,18H,10-11H2,1-2H3. The van der Waals surface area contributed by atoms with Crippen molar-refractivity contribution in [3.8, 4) is 0 Å². The summed E-state index contributed by atoms with van der Waals surface area (Å²) in [5.41, 5.74) is 4.49. The fourth-order valence-electron chi connectivity index (χ4n) is 2.09. The van der Waals surface area contributed by atoms with E-state index in [0.29, 0.717) is 0 Å². The van der Waals surface area contributed by atoms with Crippen LogP contribution in [0.1, 0.15) is 16.7 Å². The van der Waals surface area contributed by atoms with Crippen LogP contribution in [0.2, 0.25) is 0 Å². The first kappa shape index (κ1) is 12.6. The van der Waals surface area contributed by atoms with Crippen LogP contribution in [0.3, 0.4) is 0 Å². The number of hydrogen-bond acceptors (Lipinski definition) is 3. The van der Waals surface area contributed by atoms with Crippen LogP contribution in [0, 0.1) is 6.92 Å². The minimum Gasteiger partial charge on any atom is -0.392 e. The van der Waals surface area contributed by atoms with Gasteiger partial charge < -0.3 is 10.0 Å². The first-order valence-electron chi connectivity index (χ1n) is 6.01. The number of aliphatic hydroxyl groups excluding tert-OH is 1. The van der Waals surface area contributed by atoms with Crippen LogP contribution in [0.15, 0.2) is 42.7 Å². The van der Waals surface area contributed by atoms with Gasteiger partial charge in [0.25, 0.3) is 0 Å². The second kappa shape index (κ2) is 5.65. The topological polar surface area (TPSA) is 36.4 Å². The van der Waals surface area contributed by atoms with Gasteiger partial charge >= 0.3 is 0 Å². The molecule has 18 heavy (non-hydrogen) atoms. The van der Waals surface area contributed by atoms with Crippen molar-refractivity contribution in [1.29, 1.82) is 0 Å². The van der Waals surface area contributed by atoms with Gasteiger partial charge in [-0.25, -0.2) is 0 Å². The van der Waals surface area contributed by atoms with Gasteiger partial charge in [-0.1, -0.05) is 18.2 Å². The lowest BCUT2D eigenvalue weighted by Gasteiger charge is -2.21. The Labute approximate surface area is 108 Å². The number of pyridine rings is 1. The van der Waals surface area contributed by atoms with Gasteiger partial charge in [-0.15, -0.1) is 0 Å². The molecule has 0 radical (unpaired) electrons. The molecular formula is C15H18N2O. The third-order valence-electron chi connectivity index (χ3n) is 3.00. The van der Waals surface area contributed by atoms with Crippen LogP contribution >= 0.6 is 0 Å². The van der Waals surface area contributed by atoms with Crippen molar-refractivity contribution in [2.45, 2.75) is 20.1 Å². The van der Waals surface area contributed by atoms with Crippen LogP contribution in [-0.2, 0) is 13.2 Å². The van der Waals surface area contributed by atoms with E-state index in [2.05, 4.69) is 36.0 Å². The average Bonchev–Trinajstić information content (AvgIpc) is 2.39. The number of aromatic nitrogens is 1. The fourth-order valence-corrected chi connectivity index (χ4v) is 2.09. The highest BCUT2D eigenvalue weighted by Gasteiger charge is 2.06. The SMILES string of the molecule is Cc1cc(CO)ccc1N(C)Cc1cccnc1. The summed E-state index contributed by atoms with van der Waals surface area (Å²) in [7, 11) is 2.06. The molecule has 0 aliphatic heterocycles. The summed E-state index contributed by atoms with van der Waals surface area (Å²) >= 11 is 0. The van der Waals surface area contributed by atoms with Crippen LogP contribution in [-0.4, -0.2) is 17.1 Å². The predicted molar refractivity (Wildman–Crippen MR) is 73.4 cm³/mol. The lowest BCUT2D eigenvalue weighted by Crippen LogP contribution is -2.17. The van der Waals surface area contributed by atoms with E-state index in [-0.39, 0.29) is 6.61 Å². The van der Waals surface area contributed by atoms with Crippen LogP contribution < -0.4 is 4.90 Å². The van der Waals surface area contributed by atoms with E-state index < -0.39 is 0 Å². The molecule has 0 spiro atoms. The first-order chi connectivity index (χ1) is 8.70. The Bertz CT molecular complexity index is 511. The fraction of sp³-hybridized carbons (Fsp3) is 0.267. The monoisotopic (exact) mass is 242 g/mol. The quantitative estimate of drug-likeness (QED) is 0.895. The molecule has 2 aromatic rings. The van der Waals surface area contributed by atoms with Crippen molar-refractivity contribution < 1.29 is 5.11 Å². The summed E-state index contributed by atoms with van der Waals surface area (Å²) in [6.07, 6.45) is 3.67. The normalized spacial score (nSPS) is 10.4. The molecule has 0 fully saturated rings. The zero-order chi connectivity index (χ0) is 13.0. The van der Waals surface area contributed by atoms with Gasteiger partial charge in [0.05, 0.1) is 6.61 Å². The number of aryl methyl sites for hydroxylation is 1. The Balaban J connectivity index is 2.16. The van der Waals surface area contributed by atoms with Crippen molar-refractivity contribution in [1.82, 2.24) is 4.98 Å². The van der Waals surface area contributed by atoms with E-state index in [1.54, 1.807) is 6.20 Å². The maximum Gasteiger partial charge on any atom is 0.0681 e. The Morgan fingerprint density at radius 3 is 2.67 bits per heavy atom. The molecule has 1 aromatic heterocycles. The maximum absolute atomic E-state index is 9.10. The number of nitrogens with zero attached hydrogens (tertiary/aromatic N) is 2. The number of hydrogen-bond donors (Lipinski definition) is 1. The highest BCUT2D eigenvalue weighted by atomic mass is 16.3. The highest BCUT2D eigenvalue weighted by molar-refractivity contribution is 5.54. The summed E-state index contributed by atoms with van der Waals surface area (Å²) < 4.78 is 0. The lowest BCUT2D eigenvalue weighted by atomic mass is 10.1. The summed E-state index contributed by atoms with van der Waals surface area (Å²) in [5, 5.41) is 9.10. The van der Waals surface area contributed by atoms with Gasteiger partial charge in [-0.05, 0) is 35.7 Å². The number of benzene rings is 1. The average molecular weight is 242 g/mol. The van der Waals surface area contributed by atoms with Gasteiger partial charge in [0.2, 0.25) is 0 Å². The van der Waals surface area contributed by atoms with E-state index in [4.69, 9.17) is 5.11 Å². The molecule has 0 amide bonds. The molecule has 1 aromatic carbocycles. The summed E-state index contributed by atoms with van der Waals surface area (Å²) in [4.78, 5) is 6.31. The van der Waals surface area contributed by atoms with Gasteiger partial charge in [0, 0.05) is 31.7 Å². The molecule has 3 nitrogen and oxygen atoms in total. The minimum atomic E-state index is 0.0907. The Morgan fingerprint density at radius 2 is 2.06 bits per heavy atom. The predicted octanol–water partition coefficient (Wildman–Crippen LogP) is 2.52. The molecular weight excluding hydrogens is 224 g/mol. The minimum absolute atomic E-state index is 0.0907. The highest BCUT2D eigenvalue weighted by Crippen LogP contribution is 2.21. The van der Waals surface area contributed by atoms with E-state index >= 15 is 0 Å². The molecule has 1 N–H and O–H groups in total. The maximum atomic E-state index is 9.10. The molecule has 2 rings (SSSR count). The molecule has 0 saturated carbocycles. The van der Waals surface area contributed by atoms with Crippen molar-refractivity contribution in [2.75, 3.05) is 11.9 Å². The van der Waals surface area contributed by atoms with Gasteiger partial charge in [-0.3, -0.25) is 4.98 Å². The second-order valence-electron chi connectivity index (χ2n) is 4.50. The van der Waals surface area contributed by atoms with Crippen LogP contribution in [0.4, 0.5) is 5.69 Å². The second-order valence-corrected chi connectivity index (χ2v) is 4.50. The third-order valence-corrected chi connectivity index (χ3v) is 3.00. The molecule has 0 aliphatic carbocycles. The molecule has 0 unspecified atom stereocenters.